The third-order valence-corrected chi connectivity index (χ3v) is 2.62. The lowest BCUT2D eigenvalue weighted by Crippen LogP contribution is -2.25. The largest absolute Gasteiger partial charge is 0.372 e. The predicted molar refractivity (Wildman–Crippen MR) is 63.0 cm³/mol. The van der Waals surface area contributed by atoms with E-state index in [1.807, 2.05) is 31.6 Å². The van der Waals surface area contributed by atoms with Gasteiger partial charge in [-0.3, -0.25) is 4.98 Å². The van der Waals surface area contributed by atoms with Gasteiger partial charge in [0.05, 0.1) is 16.7 Å². The van der Waals surface area contributed by atoms with Gasteiger partial charge >= 0.3 is 0 Å². The Bertz CT molecular complexity index is 461. The highest BCUT2D eigenvalue weighted by molar-refractivity contribution is 5.88. The quantitative estimate of drug-likeness (QED) is 0.810. The van der Waals surface area contributed by atoms with Crippen LogP contribution in [0.25, 0.3) is 11.0 Å². The molecule has 0 unspecified atom stereocenters. The molecule has 0 amide bonds. The van der Waals surface area contributed by atoms with Crippen LogP contribution in [0.2, 0.25) is 0 Å². The molecular weight excluding hydrogens is 188 g/mol. The number of likely N-dealkylation sites (N-methyl/N-ethyl adjacent to an activating group) is 1. The molecule has 0 saturated heterocycles. The third kappa shape index (κ3) is 1.68. The van der Waals surface area contributed by atoms with Gasteiger partial charge in [0.1, 0.15) is 0 Å². The zero-order valence-corrected chi connectivity index (χ0v) is 9.14. The van der Waals surface area contributed by atoms with Crippen LogP contribution in [0.15, 0.2) is 24.5 Å². The van der Waals surface area contributed by atoms with Gasteiger partial charge in [-0.05, 0) is 12.1 Å². The smallest absolute Gasteiger partial charge is 0.0903 e. The fourth-order valence-corrected chi connectivity index (χ4v) is 1.82. The first-order valence-electron chi connectivity index (χ1n) is 5.05. The summed E-state index contributed by atoms with van der Waals surface area (Å²) in [6.45, 7) is 1.51. The van der Waals surface area contributed by atoms with E-state index in [0.717, 1.165) is 17.6 Å². The van der Waals surface area contributed by atoms with Crippen molar-refractivity contribution in [2.24, 2.45) is 12.8 Å². The molecule has 2 heterocycles. The molecule has 2 aromatic rings. The van der Waals surface area contributed by atoms with Crippen LogP contribution < -0.4 is 10.6 Å². The van der Waals surface area contributed by atoms with Gasteiger partial charge in [0.2, 0.25) is 0 Å². The maximum Gasteiger partial charge on any atom is 0.0903 e. The van der Waals surface area contributed by atoms with Crippen molar-refractivity contribution in [2.75, 3.05) is 25.0 Å². The third-order valence-electron chi connectivity index (χ3n) is 2.62. The summed E-state index contributed by atoms with van der Waals surface area (Å²) in [6, 6.07) is 4.05. The molecule has 0 aliphatic carbocycles. The van der Waals surface area contributed by atoms with Crippen LogP contribution in [0.5, 0.6) is 0 Å². The first-order valence-corrected chi connectivity index (χ1v) is 5.05. The Labute approximate surface area is 89.3 Å². The molecule has 80 valence electrons. The van der Waals surface area contributed by atoms with Gasteiger partial charge < -0.3 is 15.2 Å². The minimum atomic E-state index is 0.657. The lowest BCUT2D eigenvalue weighted by molar-refractivity contribution is 0.879. The van der Waals surface area contributed by atoms with Crippen LogP contribution in [0.1, 0.15) is 0 Å². The van der Waals surface area contributed by atoms with Crippen molar-refractivity contribution in [2.45, 2.75) is 0 Å². The van der Waals surface area contributed by atoms with E-state index in [-0.39, 0.29) is 0 Å². The van der Waals surface area contributed by atoms with Crippen molar-refractivity contribution in [3.05, 3.63) is 24.5 Å². The highest BCUT2D eigenvalue weighted by Crippen LogP contribution is 2.24. The van der Waals surface area contributed by atoms with E-state index in [2.05, 4.69) is 21.5 Å². The minimum Gasteiger partial charge on any atom is -0.372 e. The number of nitrogens with two attached hydrogens (primary N) is 1. The van der Waals surface area contributed by atoms with E-state index in [1.54, 1.807) is 0 Å². The molecule has 0 spiro atoms. The maximum absolute atomic E-state index is 5.56. The molecule has 0 bridgehead atoms. The van der Waals surface area contributed by atoms with Crippen molar-refractivity contribution in [1.82, 2.24) is 9.55 Å². The molecule has 0 fully saturated rings. The predicted octanol–water partition coefficient (Wildman–Crippen LogP) is 0.968. The summed E-state index contributed by atoms with van der Waals surface area (Å²) in [5.74, 6) is 0. The highest BCUT2D eigenvalue weighted by atomic mass is 15.1. The monoisotopic (exact) mass is 204 g/mol. The number of aryl methyl sites for hydroxylation is 1. The van der Waals surface area contributed by atoms with Gasteiger partial charge in [0, 0.05) is 39.6 Å². The molecule has 0 atom stereocenters. The fourth-order valence-electron chi connectivity index (χ4n) is 1.82. The van der Waals surface area contributed by atoms with Gasteiger partial charge in [0.25, 0.3) is 0 Å². The van der Waals surface area contributed by atoms with Crippen LogP contribution >= 0.6 is 0 Å². The van der Waals surface area contributed by atoms with E-state index in [1.165, 1.54) is 5.69 Å². The lowest BCUT2D eigenvalue weighted by Gasteiger charge is -2.19. The molecule has 2 aromatic heterocycles. The van der Waals surface area contributed by atoms with E-state index in [9.17, 15) is 0 Å². The molecule has 0 aromatic carbocycles. The summed E-state index contributed by atoms with van der Waals surface area (Å²) in [4.78, 5) is 6.48. The Hall–Kier alpha value is -1.55. The van der Waals surface area contributed by atoms with Crippen molar-refractivity contribution < 1.29 is 0 Å². The summed E-state index contributed by atoms with van der Waals surface area (Å²) in [6.07, 6.45) is 3.86. The fraction of sp³-hybridized carbons (Fsp3) is 0.364. The second kappa shape index (κ2) is 3.90. The van der Waals surface area contributed by atoms with Crippen LogP contribution in [0.3, 0.4) is 0 Å². The number of nitrogens with zero attached hydrogens (tertiary/aromatic N) is 3. The van der Waals surface area contributed by atoms with E-state index in [4.69, 9.17) is 5.73 Å². The molecule has 4 heteroatoms. The number of rotatable bonds is 3. The van der Waals surface area contributed by atoms with Crippen molar-refractivity contribution in [1.29, 1.82) is 0 Å². The molecule has 0 aliphatic heterocycles. The number of aromatic nitrogens is 2. The van der Waals surface area contributed by atoms with Gasteiger partial charge in [-0.2, -0.15) is 0 Å². The van der Waals surface area contributed by atoms with Crippen LogP contribution in [-0.4, -0.2) is 29.7 Å². The summed E-state index contributed by atoms with van der Waals surface area (Å²) in [5.41, 5.74) is 8.93. The van der Waals surface area contributed by atoms with Gasteiger partial charge in [-0.1, -0.05) is 0 Å². The standard InChI is InChI=1S/C11H16N4/c1-14(8-5-12)10-3-6-13-9-4-7-15(2)11(9)10/h3-4,6-7H,5,8,12H2,1-2H3. The van der Waals surface area contributed by atoms with Crippen LogP contribution in [-0.2, 0) is 7.05 Å². The maximum atomic E-state index is 5.56. The van der Waals surface area contributed by atoms with Crippen LogP contribution in [0, 0.1) is 0 Å². The first-order chi connectivity index (χ1) is 7.24. The van der Waals surface area contributed by atoms with E-state index in [0.29, 0.717) is 6.54 Å². The topological polar surface area (TPSA) is 47.1 Å². The van der Waals surface area contributed by atoms with Gasteiger partial charge in [-0.25, -0.2) is 0 Å². The summed E-state index contributed by atoms with van der Waals surface area (Å²) in [5, 5.41) is 0. The Morgan fingerprint density at radius 2 is 2.27 bits per heavy atom. The normalized spacial score (nSPS) is 10.9. The highest BCUT2D eigenvalue weighted by Gasteiger charge is 2.08. The minimum absolute atomic E-state index is 0.657. The molecule has 2 rings (SSSR count). The van der Waals surface area contributed by atoms with Crippen molar-refractivity contribution in [3.63, 3.8) is 0 Å². The van der Waals surface area contributed by atoms with Crippen LogP contribution in [0.4, 0.5) is 5.69 Å². The summed E-state index contributed by atoms with van der Waals surface area (Å²) < 4.78 is 2.09. The molecule has 0 aliphatic rings. The molecular formula is C11H16N4. The average molecular weight is 204 g/mol. The molecule has 15 heavy (non-hydrogen) atoms. The summed E-state index contributed by atoms with van der Waals surface area (Å²) >= 11 is 0. The number of pyridine rings is 1. The Balaban J connectivity index is 2.54. The summed E-state index contributed by atoms with van der Waals surface area (Å²) in [7, 11) is 4.08. The lowest BCUT2D eigenvalue weighted by atomic mass is 10.3. The Kier molecular flexibility index (Phi) is 2.60. The Morgan fingerprint density at radius 1 is 1.47 bits per heavy atom. The molecule has 2 N–H and O–H groups in total. The van der Waals surface area contributed by atoms with Gasteiger partial charge in [-0.15, -0.1) is 0 Å². The zero-order chi connectivity index (χ0) is 10.8. The molecule has 0 saturated carbocycles. The zero-order valence-electron chi connectivity index (χ0n) is 9.14. The van der Waals surface area contributed by atoms with Crippen molar-refractivity contribution >= 4 is 16.7 Å². The first kappa shape index (κ1) is 9.98. The number of hydrogen-bond donors (Lipinski definition) is 1. The Morgan fingerprint density at radius 3 is 3.00 bits per heavy atom. The van der Waals surface area contributed by atoms with E-state index < -0.39 is 0 Å². The number of anilines is 1. The average Bonchev–Trinajstić information content (AvgIpc) is 2.61. The molecule has 4 nitrogen and oxygen atoms in total. The number of hydrogen-bond acceptors (Lipinski definition) is 3. The molecule has 0 radical (unpaired) electrons. The second-order valence-corrected chi connectivity index (χ2v) is 3.70. The van der Waals surface area contributed by atoms with E-state index >= 15 is 0 Å². The second-order valence-electron chi connectivity index (χ2n) is 3.70. The number of fused-ring (bicyclic) bond motifs is 1. The SMILES string of the molecule is CN(CCN)c1ccnc2ccn(C)c12. The van der Waals surface area contributed by atoms with Crippen molar-refractivity contribution in [3.8, 4) is 0 Å². The van der Waals surface area contributed by atoms with Gasteiger partial charge in [0.15, 0.2) is 0 Å².